The smallest absolute Gasteiger partial charge is 0.233 e. The van der Waals surface area contributed by atoms with Crippen LogP contribution in [0.5, 0.6) is 0 Å². The van der Waals surface area contributed by atoms with Gasteiger partial charge in [-0.15, -0.1) is 10.2 Å². The summed E-state index contributed by atoms with van der Waals surface area (Å²) >= 11 is 7.40. The molecule has 1 saturated heterocycles. The Morgan fingerprint density at radius 1 is 0.935 bits per heavy atom. The fraction of sp³-hybridized carbons (Fsp3) is 0.273. The summed E-state index contributed by atoms with van der Waals surface area (Å²) in [5.74, 6) is 1.02. The van der Waals surface area contributed by atoms with E-state index in [1.54, 1.807) is 16.7 Å². The molecular formula is C22H22ClN5O2S. The van der Waals surface area contributed by atoms with Gasteiger partial charge in [-0.05, 0) is 36.4 Å². The van der Waals surface area contributed by atoms with E-state index in [1.807, 2.05) is 59.2 Å². The Balaban J connectivity index is 1.53. The van der Waals surface area contributed by atoms with Crippen LogP contribution in [0.1, 0.15) is 6.92 Å². The predicted octanol–water partition coefficient (Wildman–Crippen LogP) is 3.37. The van der Waals surface area contributed by atoms with Gasteiger partial charge in [-0.3, -0.25) is 14.2 Å². The van der Waals surface area contributed by atoms with Gasteiger partial charge in [0.2, 0.25) is 11.8 Å². The van der Waals surface area contributed by atoms with Gasteiger partial charge in [0.15, 0.2) is 11.0 Å². The molecule has 0 unspecified atom stereocenters. The maximum Gasteiger partial charge on any atom is 0.233 e. The van der Waals surface area contributed by atoms with Crippen LogP contribution < -0.4 is 0 Å². The van der Waals surface area contributed by atoms with Crippen molar-refractivity contribution in [3.8, 4) is 17.1 Å². The average Bonchev–Trinajstić information content (AvgIpc) is 3.22. The molecule has 1 aliphatic rings. The summed E-state index contributed by atoms with van der Waals surface area (Å²) in [6, 6.07) is 17.3. The Labute approximate surface area is 190 Å². The van der Waals surface area contributed by atoms with Crippen molar-refractivity contribution in [1.82, 2.24) is 24.6 Å². The molecule has 31 heavy (non-hydrogen) atoms. The summed E-state index contributed by atoms with van der Waals surface area (Å²) in [7, 11) is 0. The molecule has 2 heterocycles. The summed E-state index contributed by atoms with van der Waals surface area (Å²) in [4.78, 5) is 27.8. The number of piperazine rings is 1. The van der Waals surface area contributed by atoms with Gasteiger partial charge in [0.25, 0.3) is 0 Å². The van der Waals surface area contributed by atoms with E-state index in [0.29, 0.717) is 42.2 Å². The summed E-state index contributed by atoms with van der Waals surface area (Å²) < 4.78 is 1.95. The van der Waals surface area contributed by atoms with E-state index in [2.05, 4.69) is 10.2 Å². The van der Waals surface area contributed by atoms with Gasteiger partial charge in [0, 0.05) is 49.4 Å². The van der Waals surface area contributed by atoms with E-state index in [1.165, 1.54) is 11.8 Å². The number of halogens is 1. The predicted molar refractivity (Wildman–Crippen MR) is 121 cm³/mol. The number of para-hydroxylation sites is 1. The molecule has 0 N–H and O–H groups in total. The Morgan fingerprint density at radius 2 is 1.58 bits per heavy atom. The van der Waals surface area contributed by atoms with Gasteiger partial charge >= 0.3 is 0 Å². The number of thioether (sulfide) groups is 1. The van der Waals surface area contributed by atoms with Crippen molar-refractivity contribution >= 4 is 35.2 Å². The van der Waals surface area contributed by atoms with E-state index >= 15 is 0 Å². The minimum atomic E-state index is 0.0313. The van der Waals surface area contributed by atoms with Crippen molar-refractivity contribution in [2.24, 2.45) is 0 Å². The van der Waals surface area contributed by atoms with Crippen molar-refractivity contribution < 1.29 is 9.59 Å². The highest BCUT2D eigenvalue weighted by molar-refractivity contribution is 7.99. The molecule has 1 fully saturated rings. The van der Waals surface area contributed by atoms with Crippen molar-refractivity contribution in [1.29, 1.82) is 0 Å². The average molecular weight is 456 g/mol. The first-order valence-corrected chi connectivity index (χ1v) is 11.3. The Kier molecular flexibility index (Phi) is 6.58. The molecule has 0 bridgehead atoms. The monoisotopic (exact) mass is 455 g/mol. The molecule has 2 amide bonds. The number of carbonyl (C=O) groups is 2. The molecule has 0 spiro atoms. The summed E-state index contributed by atoms with van der Waals surface area (Å²) in [5.41, 5.74) is 1.81. The fourth-order valence-electron chi connectivity index (χ4n) is 3.45. The molecule has 7 nitrogen and oxygen atoms in total. The van der Waals surface area contributed by atoms with Crippen LogP contribution in [-0.4, -0.2) is 68.3 Å². The van der Waals surface area contributed by atoms with Crippen molar-refractivity contribution in [2.45, 2.75) is 12.1 Å². The van der Waals surface area contributed by atoms with E-state index in [-0.39, 0.29) is 17.6 Å². The highest BCUT2D eigenvalue weighted by Crippen LogP contribution is 2.28. The maximum atomic E-state index is 12.7. The zero-order valence-corrected chi connectivity index (χ0v) is 18.6. The summed E-state index contributed by atoms with van der Waals surface area (Å²) in [5, 5.41) is 10.1. The molecule has 0 saturated carbocycles. The first-order valence-electron chi connectivity index (χ1n) is 9.96. The van der Waals surface area contributed by atoms with Gasteiger partial charge in [0.05, 0.1) is 5.75 Å². The first kappa shape index (κ1) is 21.4. The molecule has 1 aliphatic heterocycles. The van der Waals surface area contributed by atoms with E-state index < -0.39 is 0 Å². The largest absolute Gasteiger partial charge is 0.339 e. The molecule has 2 aromatic carbocycles. The van der Waals surface area contributed by atoms with Crippen LogP contribution in [0.2, 0.25) is 5.02 Å². The molecule has 4 rings (SSSR count). The lowest BCUT2D eigenvalue weighted by Gasteiger charge is -2.34. The summed E-state index contributed by atoms with van der Waals surface area (Å²) in [6.07, 6.45) is 0. The number of hydrogen-bond acceptors (Lipinski definition) is 5. The van der Waals surface area contributed by atoms with Gasteiger partial charge < -0.3 is 9.80 Å². The van der Waals surface area contributed by atoms with Crippen molar-refractivity contribution in [3.63, 3.8) is 0 Å². The topological polar surface area (TPSA) is 71.3 Å². The summed E-state index contributed by atoms with van der Waals surface area (Å²) in [6.45, 7) is 3.82. The highest BCUT2D eigenvalue weighted by Gasteiger charge is 2.23. The minimum absolute atomic E-state index is 0.0313. The Morgan fingerprint density at radius 3 is 2.23 bits per heavy atom. The second kappa shape index (κ2) is 9.53. The normalized spacial score (nSPS) is 14.0. The van der Waals surface area contributed by atoms with E-state index in [4.69, 9.17) is 11.6 Å². The third-order valence-electron chi connectivity index (χ3n) is 5.15. The van der Waals surface area contributed by atoms with E-state index in [9.17, 15) is 9.59 Å². The number of aromatic nitrogens is 3. The lowest BCUT2D eigenvalue weighted by atomic mass is 10.2. The Hall–Kier alpha value is -2.84. The third-order valence-corrected chi connectivity index (χ3v) is 6.32. The van der Waals surface area contributed by atoms with Crippen LogP contribution in [0.25, 0.3) is 17.1 Å². The standard InChI is InChI=1S/C22H22ClN5O2S/c1-16(29)26-11-13-27(14-12-26)20(30)15-31-22-25-24-21(17-7-9-18(23)10-8-17)28(22)19-5-3-2-4-6-19/h2-10H,11-15H2,1H3. The lowest BCUT2D eigenvalue weighted by Crippen LogP contribution is -2.50. The Bertz CT molecular complexity index is 1060. The number of benzene rings is 2. The molecule has 0 radical (unpaired) electrons. The quantitative estimate of drug-likeness (QED) is 0.551. The van der Waals surface area contributed by atoms with Gasteiger partial charge in [0.1, 0.15) is 0 Å². The number of hydrogen-bond donors (Lipinski definition) is 0. The molecular weight excluding hydrogens is 434 g/mol. The third kappa shape index (κ3) is 4.91. The zero-order valence-electron chi connectivity index (χ0n) is 17.1. The number of nitrogens with zero attached hydrogens (tertiary/aromatic N) is 5. The van der Waals surface area contributed by atoms with Crippen molar-refractivity contribution in [2.75, 3.05) is 31.9 Å². The molecule has 9 heteroatoms. The van der Waals surface area contributed by atoms with Gasteiger partial charge in [-0.25, -0.2) is 0 Å². The molecule has 1 aromatic heterocycles. The van der Waals surface area contributed by atoms with E-state index in [0.717, 1.165) is 11.3 Å². The SMILES string of the molecule is CC(=O)N1CCN(C(=O)CSc2nnc(-c3ccc(Cl)cc3)n2-c2ccccc2)CC1. The van der Waals surface area contributed by atoms with Crippen LogP contribution in [0, 0.1) is 0 Å². The molecule has 0 aliphatic carbocycles. The van der Waals surface area contributed by atoms with Gasteiger partial charge in [-0.2, -0.15) is 0 Å². The highest BCUT2D eigenvalue weighted by atomic mass is 35.5. The number of amides is 2. The molecule has 160 valence electrons. The second-order valence-corrected chi connectivity index (χ2v) is 8.54. The second-order valence-electron chi connectivity index (χ2n) is 7.16. The fourth-order valence-corrected chi connectivity index (χ4v) is 4.43. The molecule has 0 atom stereocenters. The molecule has 3 aromatic rings. The minimum Gasteiger partial charge on any atom is -0.339 e. The number of carbonyl (C=O) groups excluding carboxylic acids is 2. The van der Waals surface area contributed by atoms with Crippen LogP contribution >= 0.6 is 23.4 Å². The maximum absolute atomic E-state index is 12.7. The number of rotatable bonds is 5. The van der Waals surface area contributed by atoms with Gasteiger partial charge in [-0.1, -0.05) is 41.6 Å². The van der Waals surface area contributed by atoms with Crippen LogP contribution in [-0.2, 0) is 9.59 Å². The van der Waals surface area contributed by atoms with Crippen LogP contribution in [0.3, 0.4) is 0 Å². The van der Waals surface area contributed by atoms with Crippen molar-refractivity contribution in [3.05, 3.63) is 59.6 Å². The van der Waals surface area contributed by atoms with Crippen LogP contribution in [0.4, 0.5) is 0 Å². The zero-order chi connectivity index (χ0) is 21.8. The lowest BCUT2D eigenvalue weighted by molar-refractivity contribution is -0.136. The first-order chi connectivity index (χ1) is 15.0. The van der Waals surface area contributed by atoms with Crippen LogP contribution in [0.15, 0.2) is 59.8 Å².